The van der Waals surface area contributed by atoms with Crippen molar-refractivity contribution in [1.29, 1.82) is 0 Å². The predicted molar refractivity (Wildman–Crippen MR) is 107 cm³/mol. The number of hydrogen-bond acceptors (Lipinski definition) is 2. The lowest BCUT2D eigenvalue weighted by Gasteiger charge is -2.62. The SMILES string of the molecule is C[C@@H](CCC(=O)O)[C@H]1CC[C@@H]2[C@@H]3CC[C@@H]4CCCC[C@]4(C)[C@@H]3C[C@H](O)[C@@]21C. The average Bonchev–Trinajstić information content (AvgIpc) is 2.99. The van der Waals surface area contributed by atoms with E-state index in [-0.39, 0.29) is 17.9 Å². The summed E-state index contributed by atoms with van der Waals surface area (Å²) in [4.78, 5) is 11.1. The fourth-order valence-corrected chi connectivity index (χ4v) is 8.77. The van der Waals surface area contributed by atoms with Crippen molar-refractivity contribution in [3.8, 4) is 0 Å². The van der Waals surface area contributed by atoms with Crippen molar-refractivity contribution >= 4 is 5.97 Å². The zero-order valence-electron chi connectivity index (χ0n) is 17.6. The Balaban J connectivity index is 1.57. The van der Waals surface area contributed by atoms with Gasteiger partial charge in [0.1, 0.15) is 0 Å². The van der Waals surface area contributed by atoms with E-state index in [9.17, 15) is 9.90 Å². The second-order valence-electron chi connectivity index (χ2n) is 11.1. The highest BCUT2D eigenvalue weighted by Gasteiger charge is 2.63. The van der Waals surface area contributed by atoms with E-state index < -0.39 is 5.97 Å². The Kier molecular flexibility index (Phi) is 5.15. The van der Waals surface area contributed by atoms with Gasteiger partial charge in [0, 0.05) is 6.42 Å². The highest BCUT2D eigenvalue weighted by molar-refractivity contribution is 5.66. The van der Waals surface area contributed by atoms with E-state index in [0.717, 1.165) is 24.7 Å². The third-order valence-electron chi connectivity index (χ3n) is 10.3. The highest BCUT2D eigenvalue weighted by atomic mass is 16.4. The van der Waals surface area contributed by atoms with Gasteiger partial charge in [-0.1, -0.05) is 33.6 Å². The molecule has 0 saturated heterocycles. The van der Waals surface area contributed by atoms with E-state index in [4.69, 9.17) is 5.11 Å². The first-order valence-electron chi connectivity index (χ1n) is 11.7. The van der Waals surface area contributed by atoms with Gasteiger partial charge in [0.2, 0.25) is 0 Å². The summed E-state index contributed by atoms with van der Waals surface area (Å²) in [5.41, 5.74) is 0.452. The summed E-state index contributed by atoms with van der Waals surface area (Å²) in [5.74, 6) is 3.21. The molecule has 0 aliphatic heterocycles. The molecule has 4 aliphatic carbocycles. The van der Waals surface area contributed by atoms with Gasteiger partial charge in [0.05, 0.1) is 6.10 Å². The second kappa shape index (κ2) is 7.04. The van der Waals surface area contributed by atoms with Crippen LogP contribution < -0.4 is 0 Å². The van der Waals surface area contributed by atoms with E-state index >= 15 is 0 Å². The number of aliphatic carboxylic acids is 1. The minimum Gasteiger partial charge on any atom is -0.481 e. The molecule has 3 nitrogen and oxygen atoms in total. The maximum Gasteiger partial charge on any atom is 0.303 e. The topological polar surface area (TPSA) is 57.5 Å². The quantitative estimate of drug-likeness (QED) is 0.680. The maximum absolute atomic E-state index is 11.5. The van der Waals surface area contributed by atoms with Gasteiger partial charge >= 0.3 is 5.97 Å². The largest absolute Gasteiger partial charge is 0.481 e. The fraction of sp³-hybridized carbons (Fsp3) is 0.958. The minimum atomic E-state index is -0.686. The van der Waals surface area contributed by atoms with Crippen molar-refractivity contribution in [2.24, 2.45) is 46.3 Å². The Morgan fingerprint density at radius 3 is 2.59 bits per heavy atom. The van der Waals surface area contributed by atoms with Crippen LogP contribution in [0.3, 0.4) is 0 Å². The Labute approximate surface area is 165 Å². The number of carboxylic acids is 1. The molecule has 0 aromatic rings. The third kappa shape index (κ3) is 2.98. The summed E-state index contributed by atoms with van der Waals surface area (Å²) in [6.45, 7) is 7.16. The zero-order valence-corrected chi connectivity index (χ0v) is 17.6. The predicted octanol–water partition coefficient (Wildman–Crippen LogP) is 5.51. The van der Waals surface area contributed by atoms with Crippen molar-refractivity contribution in [1.82, 2.24) is 0 Å². The monoisotopic (exact) mass is 376 g/mol. The number of hydrogen-bond donors (Lipinski definition) is 2. The van der Waals surface area contributed by atoms with Gasteiger partial charge in [-0.2, -0.15) is 0 Å². The molecule has 4 rings (SSSR count). The molecule has 2 N–H and O–H groups in total. The van der Waals surface area contributed by atoms with Crippen molar-refractivity contribution in [2.75, 3.05) is 0 Å². The molecule has 154 valence electrons. The molecule has 0 aromatic carbocycles. The average molecular weight is 377 g/mol. The molecule has 4 saturated carbocycles. The molecular formula is C24H40O3. The standard InChI is InChI=1S/C24H40O3/c1-15(7-12-22(26)27)18-10-11-19-17-9-8-16-6-4-5-13-23(16,2)20(17)14-21(25)24(18,19)3/h15-21,25H,4-14H2,1-3H3,(H,26,27)/t15-,16-,17-,18+,19+,20+,21-,23-,24+/m0/s1. The van der Waals surface area contributed by atoms with Gasteiger partial charge in [-0.3, -0.25) is 4.79 Å². The van der Waals surface area contributed by atoms with Crippen LogP contribution in [0.2, 0.25) is 0 Å². The molecule has 0 unspecified atom stereocenters. The molecular weight excluding hydrogens is 336 g/mol. The first-order valence-corrected chi connectivity index (χ1v) is 11.7. The normalized spacial score (nSPS) is 50.4. The smallest absolute Gasteiger partial charge is 0.303 e. The fourth-order valence-electron chi connectivity index (χ4n) is 8.77. The summed E-state index contributed by atoms with van der Waals surface area (Å²) in [7, 11) is 0. The first-order chi connectivity index (χ1) is 12.8. The number of aliphatic hydroxyl groups excluding tert-OH is 1. The lowest BCUT2D eigenvalue weighted by Crippen LogP contribution is -2.58. The van der Waals surface area contributed by atoms with Crippen LogP contribution in [-0.2, 0) is 4.79 Å². The maximum atomic E-state index is 11.5. The zero-order chi connectivity index (χ0) is 19.4. The Morgan fingerprint density at radius 2 is 1.85 bits per heavy atom. The van der Waals surface area contributed by atoms with Crippen molar-refractivity contribution in [3.63, 3.8) is 0 Å². The van der Waals surface area contributed by atoms with Gasteiger partial charge in [0.25, 0.3) is 0 Å². The van der Waals surface area contributed by atoms with E-state index in [0.29, 0.717) is 29.1 Å². The lowest BCUT2D eigenvalue weighted by atomic mass is 9.44. The van der Waals surface area contributed by atoms with E-state index in [1.54, 1.807) is 0 Å². The van der Waals surface area contributed by atoms with Crippen LogP contribution in [0.15, 0.2) is 0 Å². The molecule has 0 spiro atoms. The van der Waals surface area contributed by atoms with Gasteiger partial charge in [-0.05, 0) is 97.7 Å². The molecule has 27 heavy (non-hydrogen) atoms. The number of rotatable bonds is 4. The number of carboxylic acid groups (broad SMARTS) is 1. The molecule has 0 heterocycles. The van der Waals surface area contributed by atoms with Crippen molar-refractivity contribution < 1.29 is 15.0 Å². The summed E-state index contributed by atoms with van der Waals surface area (Å²) in [6.07, 6.45) is 12.6. The van der Waals surface area contributed by atoms with Crippen molar-refractivity contribution in [3.05, 3.63) is 0 Å². The second-order valence-corrected chi connectivity index (χ2v) is 11.1. The molecule has 0 aromatic heterocycles. The third-order valence-corrected chi connectivity index (χ3v) is 10.3. The van der Waals surface area contributed by atoms with Crippen molar-refractivity contribution in [2.45, 2.75) is 97.5 Å². The summed E-state index contributed by atoms with van der Waals surface area (Å²) in [6, 6.07) is 0. The number of carbonyl (C=O) groups is 1. The Hall–Kier alpha value is -0.570. The van der Waals surface area contributed by atoms with E-state index in [2.05, 4.69) is 20.8 Å². The van der Waals surface area contributed by atoms with Crippen LogP contribution in [0.5, 0.6) is 0 Å². The van der Waals surface area contributed by atoms with E-state index in [1.807, 2.05) is 0 Å². The van der Waals surface area contributed by atoms with Gasteiger partial charge in [-0.25, -0.2) is 0 Å². The van der Waals surface area contributed by atoms with Crippen LogP contribution in [0.25, 0.3) is 0 Å². The number of aliphatic hydroxyl groups is 1. The highest BCUT2D eigenvalue weighted by Crippen LogP contribution is 2.68. The summed E-state index contributed by atoms with van der Waals surface area (Å²) >= 11 is 0. The molecule has 0 radical (unpaired) electrons. The summed E-state index contributed by atoms with van der Waals surface area (Å²) in [5, 5.41) is 20.6. The van der Waals surface area contributed by atoms with E-state index in [1.165, 1.54) is 51.4 Å². The van der Waals surface area contributed by atoms with Crippen LogP contribution in [0, 0.1) is 46.3 Å². The lowest BCUT2D eigenvalue weighted by molar-refractivity contribution is -0.168. The molecule has 9 atom stereocenters. The van der Waals surface area contributed by atoms with Gasteiger partial charge < -0.3 is 10.2 Å². The summed E-state index contributed by atoms with van der Waals surface area (Å²) < 4.78 is 0. The first kappa shape index (κ1) is 19.7. The molecule has 0 bridgehead atoms. The molecule has 3 heteroatoms. The molecule has 4 aliphatic rings. The van der Waals surface area contributed by atoms with Crippen LogP contribution >= 0.6 is 0 Å². The molecule has 4 fully saturated rings. The van der Waals surface area contributed by atoms with Crippen LogP contribution in [0.1, 0.15) is 91.4 Å². The van der Waals surface area contributed by atoms with Crippen LogP contribution in [-0.4, -0.2) is 22.3 Å². The number of fused-ring (bicyclic) bond motifs is 5. The minimum absolute atomic E-state index is 0.00303. The van der Waals surface area contributed by atoms with Crippen LogP contribution in [0.4, 0.5) is 0 Å². The molecule has 0 amide bonds. The Bertz CT molecular complexity index is 574. The van der Waals surface area contributed by atoms with Gasteiger partial charge in [-0.15, -0.1) is 0 Å². The Morgan fingerprint density at radius 1 is 1.07 bits per heavy atom. The van der Waals surface area contributed by atoms with Gasteiger partial charge in [0.15, 0.2) is 0 Å².